The minimum absolute atomic E-state index is 0.299. The van der Waals surface area contributed by atoms with E-state index in [4.69, 9.17) is 18.9 Å². The molecule has 0 amide bonds. The average molecular weight is 408 g/mol. The standard InChI is InChI=1S/C22H37N3O4/c1-6-29-12-11-22(9-7-8-10-22)16-25-21(23-2)24-15-17-13-19(27-4)20(28-5)14-18(17)26-3/h13-14H,6-12,15-16H2,1-5H3,(H2,23,24,25). The van der Waals surface area contributed by atoms with E-state index in [-0.39, 0.29) is 0 Å². The normalized spacial score (nSPS) is 15.8. The Balaban J connectivity index is 1.98. The molecule has 1 aliphatic rings. The molecule has 7 heteroatoms. The highest BCUT2D eigenvalue weighted by atomic mass is 16.5. The van der Waals surface area contributed by atoms with E-state index in [1.807, 2.05) is 19.1 Å². The lowest BCUT2D eigenvalue weighted by atomic mass is 9.83. The van der Waals surface area contributed by atoms with Crippen LogP contribution >= 0.6 is 0 Å². The van der Waals surface area contributed by atoms with Crippen molar-refractivity contribution in [1.29, 1.82) is 0 Å². The predicted octanol–water partition coefficient (Wildman–Crippen LogP) is 3.36. The van der Waals surface area contributed by atoms with Crippen LogP contribution in [-0.2, 0) is 11.3 Å². The van der Waals surface area contributed by atoms with Gasteiger partial charge in [0.2, 0.25) is 0 Å². The summed E-state index contributed by atoms with van der Waals surface area (Å²) in [5.74, 6) is 2.85. The first kappa shape index (κ1) is 23.1. The largest absolute Gasteiger partial charge is 0.496 e. The van der Waals surface area contributed by atoms with Gasteiger partial charge >= 0.3 is 0 Å². The van der Waals surface area contributed by atoms with Crippen LogP contribution in [0, 0.1) is 5.41 Å². The highest BCUT2D eigenvalue weighted by Crippen LogP contribution is 2.40. The van der Waals surface area contributed by atoms with Gasteiger partial charge in [-0.05, 0) is 37.7 Å². The monoisotopic (exact) mass is 407 g/mol. The van der Waals surface area contributed by atoms with Gasteiger partial charge in [-0.3, -0.25) is 4.99 Å². The smallest absolute Gasteiger partial charge is 0.191 e. The maximum atomic E-state index is 5.62. The van der Waals surface area contributed by atoms with E-state index in [1.165, 1.54) is 25.7 Å². The van der Waals surface area contributed by atoms with Crippen molar-refractivity contribution in [3.05, 3.63) is 17.7 Å². The quantitative estimate of drug-likeness (QED) is 0.333. The molecule has 0 radical (unpaired) electrons. The van der Waals surface area contributed by atoms with Crippen LogP contribution in [0.2, 0.25) is 0 Å². The lowest BCUT2D eigenvalue weighted by Crippen LogP contribution is -2.43. The Labute approximate surface area is 175 Å². The Morgan fingerprint density at radius 2 is 1.66 bits per heavy atom. The van der Waals surface area contributed by atoms with E-state index in [1.54, 1.807) is 28.4 Å². The molecule has 0 atom stereocenters. The van der Waals surface area contributed by atoms with Crippen molar-refractivity contribution >= 4 is 5.96 Å². The molecule has 29 heavy (non-hydrogen) atoms. The number of methoxy groups -OCH3 is 3. The molecular weight excluding hydrogens is 370 g/mol. The minimum Gasteiger partial charge on any atom is -0.496 e. The van der Waals surface area contributed by atoms with Crippen LogP contribution < -0.4 is 24.8 Å². The van der Waals surface area contributed by atoms with Crippen LogP contribution in [0.3, 0.4) is 0 Å². The molecule has 7 nitrogen and oxygen atoms in total. The number of hydrogen-bond acceptors (Lipinski definition) is 5. The fourth-order valence-electron chi connectivity index (χ4n) is 3.97. The first-order valence-electron chi connectivity index (χ1n) is 10.4. The van der Waals surface area contributed by atoms with Gasteiger partial charge < -0.3 is 29.6 Å². The lowest BCUT2D eigenvalue weighted by Gasteiger charge is -2.30. The molecule has 0 aromatic heterocycles. The molecule has 0 aliphatic heterocycles. The first-order valence-corrected chi connectivity index (χ1v) is 10.4. The summed E-state index contributed by atoms with van der Waals surface area (Å²) in [5, 5.41) is 6.91. The molecule has 2 N–H and O–H groups in total. The van der Waals surface area contributed by atoms with Crippen LogP contribution in [0.15, 0.2) is 17.1 Å². The van der Waals surface area contributed by atoms with Gasteiger partial charge in [0, 0.05) is 45.0 Å². The van der Waals surface area contributed by atoms with Crippen molar-refractivity contribution in [2.45, 2.75) is 45.6 Å². The highest BCUT2D eigenvalue weighted by molar-refractivity contribution is 5.79. The molecule has 1 saturated carbocycles. The number of benzene rings is 1. The number of guanidine groups is 1. The lowest BCUT2D eigenvalue weighted by molar-refractivity contribution is 0.105. The zero-order valence-electron chi connectivity index (χ0n) is 18.6. The molecule has 1 aromatic rings. The summed E-state index contributed by atoms with van der Waals surface area (Å²) in [4.78, 5) is 4.39. The number of nitrogens with one attached hydrogen (secondary N) is 2. The fourth-order valence-corrected chi connectivity index (χ4v) is 3.97. The third-order valence-electron chi connectivity index (χ3n) is 5.73. The van der Waals surface area contributed by atoms with E-state index < -0.39 is 0 Å². The summed E-state index contributed by atoms with van der Waals surface area (Å²) in [7, 11) is 6.69. The number of ether oxygens (including phenoxy) is 4. The van der Waals surface area contributed by atoms with Crippen molar-refractivity contribution in [3.8, 4) is 17.2 Å². The van der Waals surface area contributed by atoms with E-state index in [0.717, 1.165) is 43.5 Å². The summed E-state index contributed by atoms with van der Waals surface area (Å²) < 4.78 is 21.9. The van der Waals surface area contributed by atoms with Crippen molar-refractivity contribution in [2.75, 3.05) is 48.1 Å². The molecule has 0 heterocycles. The summed E-state index contributed by atoms with van der Waals surface area (Å²) in [6.07, 6.45) is 6.17. The molecule has 164 valence electrons. The zero-order valence-corrected chi connectivity index (χ0v) is 18.6. The summed E-state index contributed by atoms with van der Waals surface area (Å²) in [6.45, 7) is 5.12. The van der Waals surface area contributed by atoms with Gasteiger partial charge in [0.1, 0.15) is 5.75 Å². The Morgan fingerprint density at radius 3 is 2.24 bits per heavy atom. The molecule has 2 rings (SSSR count). The molecule has 0 bridgehead atoms. The van der Waals surface area contributed by atoms with E-state index >= 15 is 0 Å². The van der Waals surface area contributed by atoms with Crippen LogP contribution in [0.4, 0.5) is 0 Å². The second kappa shape index (κ2) is 11.8. The molecule has 1 fully saturated rings. The second-order valence-corrected chi connectivity index (χ2v) is 7.45. The van der Waals surface area contributed by atoms with Crippen LogP contribution in [0.5, 0.6) is 17.2 Å². The van der Waals surface area contributed by atoms with Gasteiger partial charge in [-0.15, -0.1) is 0 Å². The molecule has 0 saturated heterocycles. The first-order chi connectivity index (χ1) is 14.1. The van der Waals surface area contributed by atoms with Gasteiger partial charge in [-0.25, -0.2) is 0 Å². The minimum atomic E-state index is 0.299. The molecule has 1 aliphatic carbocycles. The predicted molar refractivity (Wildman–Crippen MR) is 116 cm³/mol. The van der Waals surface area contributed by atoms with Gasteiger partial charge in [-0.2, -0.15) is 0 Å². The Morgan fingerprint density at radius 1 is 1.00 bits per heavy atom. The maximum absolute atomic E-state index is 5.62. The van der Waals surface area contributed by atoms with E-state index in [0.29, 0.717) is 23.5 Å². The summed E-state index contributed by atoms with van der Waals surface area (Å²) in [5.41, 5.74) is 1.27. The SMILES string of the molecule is CCOCCC1(CNC(=NC)NCc2cc(OC)c(OC)cc2OC)CCCC1. The maximum Gasteiger partial charge on any atom is 0.191 e. The van der Waals surface area contributed by atoms with Gasteiger partial charge in [0.25, 0.3) is 0 Å². The topological polar surface area (TPSA) is 73.3 Å². The van der Waals surface area contributed by atoms with Crippen molar-refractivity contribution < 1.29 is 18.9 Å². The number of rotatable bonds is 11. The number of hydrogen-bond donors (Lipinski definition) is 2. The Hall–Kier alpha value is -2.15. The third-order valence-corrected chi connectivity index (χ3v) is 5.73. The van der Waals surface area contributed by atoms with Crippen LogP contribution in [-0.4, -0.2) is 54.1 Å². The van der Waals surface area contributed by atoms with Crippen LogP contribution in [0.1, 0.15) is 44.6 Å². The average Bonchev–Trinajstić information content (AvgIpc) is 3.22. The Bertz CT molecular complexity index is 658. The second-order valence-electron chi connectivity index (χ2n) is 7.45. The van der Waals surface area contributed by atoms with E-state index in [2.05, 4.69) is 15.6 Å². The molecule has 1 aromatic carbocycles. The van der Waals surface area contributed by atoms with Gasteiger partial charge in [0.15, 0.2) is 17.5 Å². The van der Waals surface area contributed by atoms with Gasteiger partial charge in [-0.1, -0.05) is 12.8 Å². The summed E-state index contributed by atoms with van der Waals surface area (Å²) in [6, 6.07) is 3.77. The molecular formula is C22H37N3O4. The van der Waals surface area contributed by atoms with Crippen molar-refractivity contribution in [2.24, 2.45) is 10.4 Å². The number of aliphatic imine (C=N–C) groups is 1. The number of nitrogens with zero attached hydrogens (tertiary/aromatic N) is 1. The zero-order chi connectivity index (χ0) is 21.1. The van der Waals surface area contributed by atoms with Crippen LogP contribution in [0.25, 0.3) is 0 Å². The van der Waals surface area contributed by atoms with E-state index in [9.17, 15) is 0 Å². The molecule has 0 spiro atoms. The highest BCUT2D eigenvalue weighted by Gasteiger charge is 2.33. The van der Waals surface area contributed by atoms with Crippen molar-refractivity contribution in [1.82, 2.24) is 10.6 Å². The fraction of sp³-hybridized carbons (Fsp3) is 0.682. The Kier molecular flexibility index (Phi) is 9.38. The summed E-state index contributed by atoms with van der Waals surface area (Å²) >= 11 is 0. The molecule has 0 unspecified atom stereocenters. The van der Waals surface area contributed by atoms with Gasteiger partial charge in [0.05, 0.1) is 21.3 Å². The van der Waals surface area contributed by atoms with Crippen molar-refractivity contribution in [3.63, 3.8) is 0 Å². The third kappa shape index (κ3) is 6.42.